The van der Waals surface area contributed by atoms with Gasteiger partial charge in [-0.25, -0.2) is 0 Å². The lowest BCUT2D eigenvalue weighted by atomic mass is 9.79. The molecule has 5 rings (SSSR count). The Labute approximate surface area is 324 Å². The summed E-state index contributed by atoms with van der Waals surface area (Å²) in [6.45, 7) is 14.3. The van der Waals surface area contributed by atoms with Crippen LogP contribution in [0.25, 0.3) is 0 Å². The van der Waals surface area contributed by atoms with Crippen LogP contribution in [0.4, 0.5) is 34.1 Å². The van der Waals surface area contributed by atoms with Gasteiger partial charge in [0.15, 0.2) is 5.12 Å². The van der Waals surface area contributed by atoms with Crippen molar-refractivity contribution in [2.75, 3.05) is 15.1 Å². The number of phenolic OH excluding ortho intramolecular Hbond substituents is 1. The zero-order chi connectivity index (χ0) is 39.0. The van der Waals surface area contributed by atoms with Crippen molar-refractivity contribution >= 4 is 62.8 Å². The third-order valence-corrected chi connectivity index (χ3v) is 9.91. The Morgan fingerprint density at radius 2 is 0.963 bits per heavy atom. The molecule has 0 atom stereocenters. The van der Waals surface area contributed by atoms with E-state index in [9.17, 15) is 19.5 Å². The maximum Gasteiger partial charge on any atom is 0.232 e. The predicted octanol–water partition coefficient (Wildman–Crippen LogP) is 12.0. The van der Waals surface area contributed by atoms with E-state index in [1.165, 1.54) is 0 Å². The van der Waals surface area contributed by atoms with Crippen molar-refractivity contribution in [1.82, 2.24) is 0 Å². The maximum absolute atomic E-state index is 13.9. The average molecular weight is 742 g/mol. The van der Waals surface area contributed by atoms with Gasteiger partial charge in [0.05, 0.1) is 0 Å². The molecule has 0 radical (unpaired) electrons. The van der Waals surface area contributed by atoms with Crippen LogP contribution >= 0.6 is 11.8 Å². The van der Waals surface area contributed by atoms with E-state index in [2.05, 4.69) is 5.32 Å². The zero-order valence-corrected chi connectivity index (χ0v) is 33.2. The molecule has 280 valence electrons. The minimum Gasteiger partial charge on any atom is -0.507 e. The van der Waals surface area contributed by atoms with E-state index in [0.717, 1.165) is 57.0 Å². The van der Waals surface area contributed by atoms with Gasteiger partial charge in [-0.1, -0.05) is 96.6 Å². The third-order valence-electron chi connectivity index (χ3n) is 9.01. The summed E-state index contributed by atoms with van der Waals surface area (Å²) in [4.78, 5) is 44.4. The van der Waals surface area contributed by atoms with Gasteiger partial charge in [-0.2, -0.15) is 0 Å². The highest BCUT2D eigenvalue weighted by Crippen LogP contribution is 2.42. The number of hydrogen-bond donors (Lipinski definition) is 2. The second-order valence-electron chi connectivity index (χ2n) is 15.4. The summed E-state index contributed by atoms with van der Waals surface area (Å²) < 4.78 is 0. The van der Waals surface area contributed by atoms with Crippen molar-refractivity contribution in [1.29, 1.82) is 0 Å². The van der Waals surface area contributed by atoms with Gasteiger partial charge in [-0.05, 0) is 102 Å². The van der Waals surface area contributed by atoms with Crippen molar-refractivity contribution in [3.05, 3.63) is 132 Å². The smallest absolute Gasteiger partial charge is 0.232 e. The van der Waals surface area contributed by atoms with E-state index < -0.39 is 0 Å². The summed E-state index contributed by atoms with van der Waals surface area (Å²) in [5.74, 6) is 0.121. The Bertz CT molecular complexity index is 2020. The first-order valence-electron chi connectivity index (χ1n) is 18.5. The topological polar surface area (TPSA) is 90.0 Å². The summed E-state index contributed by atoms with van der Waals surface area (Å²) in [6, 6.07) is 38.2. The van der Waals surface area contributed by atoms with E-state index >= 15 is 0 Å². The van der Waals surface area contributed by atoms with Crippen molar-refractivity contribution < 1.29 is 19.5 Å². The van der Waals surface area contributed by atoms with Crippen LogP contribution < -0.4 is 15.1 Å². The number of anilines is 6. The summed E-state index contributed by atoms with van der Waals surface area (Å²) in [5, 5.41) is 14.4. The van der Waals surface area contributed by atoms with Crippen LogP contribution in [0.1, 0.15) is 85.3 Å². The number of benzene rings is 5. The highest BCUT2D eigenvalue weighted by atomic mass is 32.2. The predicted molar refractivity (Wildman–Crippen MR) is 224 cm³/mol. The molecule has 0 fully saturated rings. The van der Waals surface area contributed by atoms with Gasteiger partial charge in [0.25, 0.3) is 0 Å². The van der Waals surface area contributed by atoms with Crippen molar-refractivity contribution in [2.45, 2.75) is 89.9 Å². The third kappa shape index (κ3) is 9.99. The highest BCUT2D eigenvalue weighted by molar-refractivity contribution is 8.13. The average Bonchev–Trinajstić information content (AvgIpc) is 3.13. The maximum atomic E-state index is 13.9. The Balaban J connectivity index is 1.29. The number of rotatable bonds is 12. The molecule has 0 aromatic heterocycles. The van der Waals surface area contributed by atoms with E-state index in [1.54, 1.807) is 9.80 Å². The van der Waals surface area contributed by atoms with Crippen LogP contribution in [0, 0.1) is 0 Å². The number of nitrogens with one attached hydrogen (secondary N) is 1. The molecule has 5 aromatic rings. The molecule has 8 heteroatoms. The van der Waals surface area contributed by atoms with Crippen molar-refractivity contribution in [2.24, 2.45) is 0 Å². The SMILES string of the molecule is CCCC(=O)N(c1ccccc1)c1ccc(Nc2ccc(N(C(=O)CCC(=O)Sc3cc(C(C)(C)C)c(O)c(C(C)(C)C)c3)c3ccccc3)cc2)cc1. The molecular weight excluding hydrogens is 691 g/mol. The van der Waals surface area contributed by atoms with Crippen LogP contribution in [-0.2, 0) is 25.2 Å². The molecule has 2 amide bonds. The molecule has 5 aromatic carbocycles. The number of thioether (sulfide) groups is 1. The van der Waals surface area contributed by atoms with Crippen molar-refractivity contribution in [3.8, 4) is 5.75 Å². The number of carbonyl (C=O) groups excluding carboxylic acids is 3. The second-order valence-corrected chi connectivity index (χ2v) is 16.6. The molecule has 0 aliphatic carbocycles. The molecule has 7 nitrogen and oxygen atoms in total. The van der Waals surface area contributed by atoms with Crippen LogP contribution in [-0.4, -0.2) is 22.0 Å². The lowest BCUT2D eigenvalue weighted by Crippen LogP contribution is -2.26. The number of amides is 2. The van der Waals surface area contributed by atoms with Crippen LogP contribution in [0.3, 0.4) is 0 Å². The lowest BCUT2D eigenvalue weighted by molar-refractivity contribution is -0.120. The van der Waals surface area contributed by atoms with Gasteiger partial charge in [-0.15, -0.1) is 0 Å². The lowest BCUT2D eigenvalue weighted by Gasteiger charge is -2.28. The van der Waals surface area contributed by atoms with E-state index in [0.29, 0.717) is 17.8 Å². The van der Waals surface area contributed by atoms with Gasteiger partial charge in [0.2, 0.25) is 11.8 Å². The van der Waals surface area contributed by atoms with Gasteiger partial charge >= 0.3 is 0 Å². The quantitative estimate of drug-likeness (QED) is 0.124. The molecule has 0 heterocycles. The van der Waals surface area contributed by atoms with E-state index in [4.69, 9.17) is 0 Å². The molecule has 0 saturated carbocycles. The van der Waals surface area contributed by atoms with Crippen molar-refractivity contribution in [3.63, 3.8) is 0 Å². The van der Waals surface area contributed by atoms with Crippen LogP contribution in [0.2, 0.25) is 0 Å². The fourth-order valence-corrected chi connectivity index (χ4v) is 7.04. The van der Waals surface area contributed by atoms with Gasteiger partial charge in [0, 0.05) is 69.4 Å². The molecule has 2 N–H and O–H groups in total. The minimum atomic E-state index is -0.314. The minimum absolute atomic E-state index is 0.0319. The molecule has 0 saturated heterocycles. The summed E-state index contributed by atoms with van der Waals surface area (Å²) >= 11 is 1.12. The Hall–Kier alpha value is -5.34. The first-order valence-corrected chi connectivity index (χ1v) is 19.3. The summed E-state index contributed by atoms with van der Waals surface area (Å²) in [7, 11) is 0. The zero-order valence-electron chi connectivity index (χ0n) is 32.4. The molecule has 0 spiro atoms. The monoisotopic (exact) mass is 741 g/mol. The Morgan fingerprint density at radius 1 is 0.574 bits per heavy atom. The molecule has 0 aliphatic heterocycles. The molecule has 54 heavy (non-hydrogen) atoms. The summed E-state index contributed by atoms with van der Waals surface area (Å²) in [5.41, 5.74) is 5.66. The highest BCUT2D eigenvalue weighted by Gasteiger charge is 2.28. The number of hydrogen-bond acceptors (Lipinski definition) is 6. The Morgan fingerprint density at radius 3 is 1.35 bits per heavy atom. The normalized spacial score (nSPS) is 11.5. The fourth-order valence-electron chi connectivity index (χ4n) is 6.22. The largest absolute Gasteiger partial charge is 0.507 e. The first kappa shape index (κ1) is 39.9. The molecular formula is C46H51N3O4S. The number of phenols is 1. The number of aromatic hydroxyl groups is 1. The van der Waals surface area contributed by atoms with Crippen LogP contribution in [0.15, 0.2) is 126 Å². The standard InChI is InChI=1S/C46H51N3O4S/c1-8-15-41(50)48(34-16-11-9-12-17-34)36-24-20-32(21-25-36)47-33-22-26-37(27-23-33)49(35-18-13-10-14-19-35)42(51)28-29-43(52)54-38-30-39(45(2,3)4)44(53)40(31-38)46(5,6)7/h9-14,16-27,30-31,47,53H,8,15,28-29H2,1-7H3. The number of nitrogens with zero attached hydrogens (tertiary/aromatic N) is 2. The van der Waals surface area contributed by atoms with E-state index in [-0.39, 0.29) is 46.4 Å². The summed E-state index contributed by atoms with van der Waals surface area (Å²) in [6.07, 6.45) is 1.31. The van der Waals surface area contributed by atoms with Gasteiger partial charge in [0.1, 0.15) is 5.75 Å². The molecule has 0 aliphatic rings. The van der Waals surface area contributed by atoms with Crippen LogP contribution in [0.5, 0.6) is 5.75 Å². The first-order chi connectivity index (χ1) is 25.7. The van der Waals surface area contributed by atoms with E-state index in [1.807, 2.05) is 170 Å². The fraction of sp³-hybridized carbons (Fsp3) is 0.283. The van der Waals surface area contributed by atoms with Gasteiger partial charge < -0.3 is 10.4 Å². The molecule has 0 unspecified atom stereocenters. The number of para-hydroxylation sites is 2. The van der Waals surface area contributed by atoms with Gasteiger partial charge in [-0.3, -0.25) is 24.2 Å². The Kier molecular flexibility index (Phi) is 12.7. The number of carbonyl (C=O) groups is 3. The second kappa shape index (κ2) is 17.2. The molecule has 0 bridgehead atoms.